The number of nitrogens with zero attached hydrogens (tertiary/aromatic N) is 3. The molecule has 0 fully saturated rings. The van der Waals surface area contributed by atoms with Crippen LogP contribution in [0.1, 0.15) is 5.56 Å². The fourth-order valence-corrected chi connectivity index (χ4v) is 0.673. The molecule has 76 valence electrons. The van der Waals surface area contributed by atoms with Crippen LogP contribution in [0.5, 0.6) is 0 Å². The Hall–Kier alpha value is -1.56. The lowest BCUT2D eigenvalue weighted by Gasteiger charge is -1.82. The van der Waals surface area contributed by atoms with Crippen molar-refractivity contribution in [3.05, 3.63) is 46.3 Å². The fraction of sp³-hybridized carbons (Fsp3) is 0.143. The van der Waals surface area contributed by atoms with Gasteiger partial charge in [-0.25, -0.2) is 0 Å². The van der Waals surface area contributed by atoms with Crippen LogP contribution in [0.4, 0.5) is 0 Å². The van der Waals surface area contributed by atoms with Crippen LogP contribution in [-0.4, -0.2) is 13.0 Å². The van der Waals surface area contributed by atoms with Crippen molar-refractivity contribution in [1.82, 2.24) is 0 Å². The minimum Gasteiger partial charge on any atom is -0.279 e. The third-order valence-corrected chi connectivity index (χ3v) is 1.36. The van der Waals surface area contributed by atoms with Gasteiger partial charge >= 0.3 is 10.3 Å². The first-order chi connectivity index (χ1) is 6.45. The lowest BCUT2D eigenvalue weighted by molar-refractivity contribution is 0.484. The molecule has 0 spiro atoms. The van der Waals surface area contributed by atoms with Gasteiger partial charge in [0.1, 0.15) is 0 Å². The van der Waals surface area contributed by atoms with E-state index in [1.165, 1.54) is 5.56 Å². The Morgan fingerprint density at radius 1 is 1.36 bits per heavy atom. The van der Waals surface area contributed by atoms with Crippen molar-refractivity contribution in [2.24, 2.45) is 4.52 Å². The Bertz CT molecular complexity index is 409. The molecule has 0 aliphatic rings. The van der Waals surface area contributed by atoms with Crippen LogP contribution in [0.25, 0.3) is 10.4 Å². The van der Waals surface area contributed by atoms with E-state index in [1.807, 2.05) is 22.7 Å². The molecule has 1 N–H and O–H groups in total. The molecular formula is C7H9N3O3S. The van der Waals surface area contributed by atoms with Gasteiger partial charge in [-0.3, -0.25) is 4.55 Å². The van der Waals surface area contributed by atoms with E-state index in [9.17, 15) is 8.42 Å². The monoisotopic (exact) mass is 215 g/mol. The Morgan fingerprint density at radius 2 is 1.86 bits per heavy atom. The Labute approximate surface area is 81.7 Å². The van der Waals surface area contributed by atoms with Gasteiger partial charge in [0.25, 0.3) is 0 Å². The quantitative estimate of drug-likeness (QED) is 0.335. The zero-order chi connectivity index (χ0) is 11.0. The minimum atomic E-state index is -4.47. The van der Waals surface area contributed by atoms with Gasteiger partial charge in [-0.1, -0.05) is 35.9 Å². The first-order valence-corrected chi connectivity index (χ1v) is 4.91. The maximum absolute atomic E-state index is 9.37. The summed E-state index contributed by atoms with van der Waals surface area (Å²) in [5, 5.41) is 0. The Kier molecular flexibility index (Phi) is 5.31. The van der Waals surface area contributed by atoms with Crippen molar-refractivity contribution in [2.75, 3.05) is 0 Å². The second-order valence-corrected chi connectivity index (χ2v) is 3.33. The van der Waals surface area contributed by atoms with E-state index in [2.05, 4.69) is 19.1 Å². The standard InChI is InChI=1S/C7H8.HN3O3S/c1-7-5-3-2-4-6-7;1-2-3-7(4,5)6/h2-6H,1H3;(H,4,5,6). The normalized spacial score (nSPS) is 9.29. The van der Waals surface area contributed by atoms with Crippen LogP contribution in [-0.2, 0) is 10.3 Å². The average molecular weight is 215 g/mol. The van der Waals surface area contributed by atoms with Gasteiger partial charge in [-0.2, -0.15) is 8.42 Å². The van der Waals surface area contributed by atoms with Crippen molar-refractivity contribution in [1.29, 1.82) is 0 Å². The average Bonchev–Trinajstić information content (AvgIpc) is 2.04. The Balaban J connectivity index is 0.000000241. The summed E-state index contributed by atoms with van der Waals surface area (Å²) in [5.74, 6) is 0. The van der Waals surface area contributed by atoms with Gasteiger partial charge in [0.2, 0.25) is 0 Å². The molecule has 1 aromatic rings. The van der Waals surface area contributed by atoms with Crippen molar-refractivity contribution in [3.8, 4) is 0 Å². The zero-order valence-electron chi connectivity index (χ0n) is 7.40. The molecular weight excluding hydrogens is 206 g/mol. The summed E-state index contributed by atoms with van der Waals surface area (Å²) in [6, 6.07) is 10.3. The summed E-state index contributed by atoms with van der Waals surface area (Å²) in [6.07, 6.45) is 0. The summed E-state index contributed by atoms with van der Waals surface area (Å²) in [6.45, 7) is 2.08. The molecule has 0 saturated carbocycles. The summed E-state index contributed by atoms with van der Waals surface area (Å²) in [7, 11) is -4.47. The van der Waals surface area contributed by atoms with Crippen LogP contribution < -0.4 is 0 Å². The SMILES string of the molecule is Cc1ccccc1.[N-]=[N+]=NS(=O)(=O)O. The maximum atomic E-state index is 9.37. The second-order valence-electron chi connectivity index (χ2n) is 2.27. The highest BCUT2D eigenvalue weighted by Crippen LogP contribution is 1.92. The highest BCUT2D eigenvalue weighted by atomic mass is 32.2. The molecule has 0 radical (unpaired) electrons. The fourth-order valence-electron chi connectivity index (χ4n) is 0.581. The van der Waals surface area contributed by atoms with Crippen molar-refractivity contribution in [2.45, 2.75) is 6.92 Å². The van der Waals surface area contributed by atoms with Gasteiger partial charge in [0, 0.05) is 4.91 Å². The second kappa shape index (κ2) is 5.98. The maximum Gasteiger partial charge on any atom is 0.356 e. The summed E-state index contributed by atoms with van der Waals surface area (Å²) >= 11 is 0. The zero-order valence-corrected chi connectivity index (χ0v) is 8.22. The number of aryl methyl sites for hydroxylation is 1. The number of rotatable bonds is 1. The number of benzene rings is 1. The molecule has 0 atom stereocenters. The molecule has 0 saturated heterocycles. The summed E-state index contributed by atoms with van der Waals surface area (Å²) in [5.41, 5.74) is 8.64. The van der Waals surface area contributed by atoms with Crippen LogP contribution in [0.3, 0.4) is 0 Å². The summed E-state index contributed by atoms with van der Waals surface area (Å²) in [4.78, 5) is 1.79. The van der Waals surface area contributed by atoms with E-state index in [4.69, 9.17) is 10.1 Å². The van der Waals surface area contributed by atoms with E-state index in [-0.39, 0.29) is 0 Å². The van der Waals surface area contributed by atoms with Gasteiger partial charge in [0.15, 0.2) is 0 Å². The predicted octanol–water partition coefficient (Wildman–Crippen LogP) is 2.09. The van der Waals surface area contributed by atoms with E-state index in [0.29, 0.717) is 0 Å². The molecule has 1 rings (SSSR count). The minimum absolute atomic E-state index is 1.32. The van der Waals surface area contributed by atoms with Crippen molar-refractivity contribution in [3.63, 3.8) is 0 Å². The van der Waals surface area contributed by atoms with Crippen LogP contribution in [0, 0.1) is 6.92 Å². The van der Waals surface area contributed by atoms with Crippen LogP contribution in [0.2, 0.25) is 0 Å². The number of hydrogen-bond donors (Lipinski definition) is 1. The van der Waals surface area contributed by atoms with Crippen LogP contribution >= 0.6 is 0 Å². The molecule has 14 heavy (non-hydrogen) atoms. The van der Waals surface area contributed by atoms with Crippen molar-refractivity contribution < 1.29 is 13.0 Å². The molecule has 7 heteroatoms. The Morgan fingerprint density at radius 3 is 2.00 bits per heavy atom. The third-order valence-electron chi connectivity index (χ3n) is 1.08. The van der Waals surface area contributed by atoms with E-state index in [1.54, 1.807) is 4.91 Å². The number of hydrogen-bond acceptors (Lipinski definition) is 2. The first kappa shape index (κ1) is 12.4. The molecule has 0 amide bonds. The van der Waals surface area contributed by atoms with Gasteiger partial charge < -0.3 is 0 Å². The number of azide groups is 1. The van der Waals surface area contributed by atoms with Gasteiger partial charge in [-0.05, 0) is 12.5 Å². The smallest absolute Gasteiger partial charge is 0.279 e. The molecule has 0 unspecified atom stereocenters. The molecule has 0 aliphatic carbocycles. The highest BCUT2D eigenvalue weighted by Gasteiger charge is 1.93. The molecule has 1 aromatic carbocycles. The van der Waals surface area contributed by atoms with E-state index in [0.717, 1.165) is 0 Å². The first-order valence-electron chi connectivity index (χ1n) is 3.51. The van der Waals surface area contributed by atoms with E-state index < -0.39 is 10.3 Å². The molecule has 6 nitrogen and oxygen atoms in total. The highest BCUT2D eigenvalue weighted by molar-refractivity contribution is 7.84. The molecule has 0 bridgehead atoms. The lowest BCUT2D eigenvalue weighted by Crippen LogP contribution is -1.86. The van der Waals surface area contributed by atoms with Gasteiger partial charge in [-0.15, -0.1) is 0 Å². The summed E-state index contributed by atoms with van der Waals surface area (Å²) < 4.78 is 28.3. The van der Waals surface area contributed by atoms with Crippen molar-refractivity contribution >= 4 is 10.3 Å². The third kappa shape index (κ3) is 8.54. The molecule has 0 aromatic heterocycles. The lowest BCUT2D eigenvalue weighted by atomic mass is 10.2. The topological polar surface area (TPSA) is 103 Å². The molecule has 0 aliphatic heterocycles. The largest absolute Gasteiger partial charge is 0.356 e. The van der Waals surface area contributed by atoms with Crippen LogP contribution in [0.15, 0.2) is 34.9 Å². The predicted molar refractivity (Wildman–Crippen MR) is 51.9 cm³/mol. The molecule has 0 heterocycles. The van der Waals surface area contributed by atoms with Gasteiger partial charge in [0.05, 0.1) is 4.52 Å². The van der Waals surface area contributed by atoms with E-state index >= 15 is 0 Å².